The molecule has 3 rings (SSSR count). The Hall–Kier alpha value is -3.22. The zero-order chi connectivity index (χ0) is 18.5. The van der Waals surface area contributed by atoms with E-state index in [1.54, 1.807) is 13.3 Å². The summed E-state index contributed by atoms with van der Waals surface area (Å²) in [6, 6.07) is 8.11. The zero-order valence-electron chi connectivity index (χ0n) is 14.6. The molecule has 2 aromatic rings. The van der Waals surface area contributed by atoms with Gasteiger partial charge in [-0.05, 0) is 30.4 Å². The standard InChI is InChI=1S/C19H22N6O/c1-22-10-13(9-20)16-11-23-18(21)17(24-16)19(26)25-15-8-4-6-12-5-2-3-7-14(12)15/h2-3,5,7,9-11,15H,4,6,8,20H2,1H3,(H2,21,23)(H,25,26)/t15-/m0/s1. The van der Waals surface area contributed by atoms with Crippen LogP contribution >= 0.6 is 0 Å². The van der Waals surface area contributed by atoms with Gasteiger partial charge in [0.15, 0.2) is 11.5 Å². The minimum absolute atomic E-state index is 0.0565. The summed E-state index contributed by atoms with van der Waals surface area (Å²) in [5.74, 6) is -0.261. The molecule has 0 unspecified atom stereocenters. The van der Waals surface area contributed by atoms with E-state index < -0.39 is 0 Å². The first-order chi connectivity index (χ1) is 12.6. The number of nitrogen functional groups attached to an aromatic ring is 1. The number of allylic oxidation sites excluding steroid dienone is 1. The largest absolute Gasteiger partial charge is 0.404 e. The molecule has 1 heterocycles. The first-order valence-electron chi connectivity index (χ1n) is 8.49. The minimum Gasteiger partial charge on any atom is -0.404 e. The van der Waals surface area contributed by atoms with E-state index in [0.29, 0.717) is 11.3 Å². The summed E-state index contributed by atoms with van der Waals surface area (Å²) < 4.78 is 0. The highest BCUT2D eigenvalue weighted by molar-refractivity contribution is 6.09. The van der Waals surface area contributed by atoms with Gasteiger partial charge in [0, 0.05) is 25.0 Å². The molecule has 0 saturated carbocycles. The Morgan fingerprint density at radius 3 is 2.96 bits per heavy atom. The number of aliphatic imine (C=N–C) groups is 1. The number of nitrogens with two attached hydrogens (primary N) is 2. The molecule has 0 fully saturated rings. The van der Waals surface area contributed by atoms with Gasteiger partial charge in [-0.3, -0.25) is 9.79 Å². The van der Waals surface area contributed by atoms with Crippen LogP contribution < -0.4 is 16.8 Å². The maximum atomic E-state index is 12.8. The number of hydrogen-bond acceptors (Lipinski definition) is 6. The topological polar surface area (TPSA) is 119 Å². The summed E-state index contributed by atoms with van der Waals surface area (Å²) >= 11 is 0. The molecule has 1 aliphatic carbocycles. The van der Waals surface area contributed by atoms with Crippen LogP contribution in [0.5, 0.6) is 0 Å². The number of fused-ring (bicyclic) bond motifs is 1. The highest BCUT2D eigenvalue weighted by Crippen LogP contribution is 2.29. The van der Waals surface area contributed by atoms with Gasteiger partial charge in [0.25, 0.3) is 5.91 Å². The fraction of sp³-hybridized carbons (Fsp3) is 0.263. The number of aryl methyl sites for hydroxylation is 1. The van der Waals surface area contributed by atoms with Gasteiger partial charge in [-0.1, -0.05) is 24.3 Å². The monoisotopic (exact) mass is 350 g/mol. The SMILES string of the molecule is CN=CC(=CN)c1cnc(N)c(C(=O)N[C@H]2CCCc3ccccc32)n1. The molecule has 0 saturated heterocycles. The first-order valence-corrected chi connectivity index (χ1v) is 8.49. The van der Waals surface area contributed by atoms with Crippen LogP contribution in [0.3, 0.4) is 0 Å². The van der Waals surface area contributed by atoms with Crippen molar-refractivity contribution in [2.24, 2.45) is 10.7 Å². The Bertz CT molecular complexity index is 874. The summed E-state index contributed by atoms with van der Waals surface area (Å²) in [6.45, 7) is 0. The smallest absolute Gasteiger partial charge is 0.274 e. The lowest BCUT2D eigenvalue weighted by Crippen LogP contribution is -2.32. The molecular formula is C19H22N6O. The molecule has 0 radical (unpaired) electrons. The van der Waals surface area contributed by atoms with Crippen molar-refractivity contribution >= 4 is 23.5 Å². The number of hydrogen-bond donors (Lipinski definition) is 3. The van der Waals surface area contributed by atoms with Crippen LogP contribution in [-0.4, -0.2) is 29.1 Å². The van der Waals surface area contributed by atoms with Crippen molar-refractivity contribution in [3.63, 3.8) is 0 Å². The van der Waals surface area contributed by atoms with E-state index in [0.717, 1.165) is 24.8 Å². The van der Waals surface area contributed by atoms with Crippen molar-refractivity contribution in [1.29, 1.82) is 0 Å². The van der Waals surface area contributed by atoms with Crippen molar-refractivity contribution in [3.05, 3.63) is 59.2 Å². The number of rotatable bonds is 4. The molecule has 0 spiro atoms. The molecular weight excluding hydrogens is 328 g/mol. The normalized spacial score (nSPS) is 17.1. The molecule has 7 nitrogen and oxygen atoms in total. The van der Waals surface area contributed by atoms with Crippen molar-refractivity contribution in [1.82, 2.24) is 15.3 Å². The Labute approximate surface area is 152 Å². The lowest BCUT2D eigenvalue weighted by Gasteiger charge is -2.26. The van der Waals surface area contributed by atoms with Gasteiger partial charge in [0.05, 0.1) is 17.9 Å². The van der Waals surface area contributed by atoms with Crippen LogP contribution in [-0.2, 0) is 6.42 Å². The molecule has 1 amide bonds. The van der Waals surface area contributed by atoms with Crippen LogP contribution in [0.1, 0.15) is 46.2 Å². The van der Waals surface area contributed by atoms with Crippen molar-refractivity contribution in [2.75, 3.05) is 12.8 Å². The fourth-order valence-corrected chi connectivity index (χ4v) is 3.17. The van der Waals surface area contributed by atoms with Gasteiger partial charge in [-0.15, -0.1) is 0 Å². The van der Waals surface area contributed by atoms with Crippen LogP contribution in [0, 0.1) is 0 Å². The van der Waals surface area contributed by atoms with E-state index in [1.807, 2.05) is 12.1 Å². The van der Waals surface area contributed by atoms with Crippen LogP contribution in [0.25, 0.3) is 5.57 Å². The molecule has 1 atom stereocenters. The third-order valence-electron chi connectivity index (χ3n) is 4.43. The van der Waals surface area contributed by atoms with Gasteiger partial charge in [0.1, 0.15) is 0 Å². The first kappa shape index (κ1) is 17.6. The molecule has 0 aliphatic heterocycles. The third kappa shape index (κ3) is 3.56. The summed E-state index contributed by atoms with van der Waals surface area (Å²) in [5, 5.41) is 3.04. The van der Waals surface area contributed by atoms with E-state index in [-0.39, 0.29) is 23.5 Å². The molecule has 1 aliphatic rings. The molecule has 134 valence electrons. The van der Waals surface area contributed by atoms with Crippen LogP contribution in [0.15, 0.2) is 41.7 Å². The Morgan fingerprint density at radius 1 is 1.38 bits per heavy atom. The second-order valence-corrected chi connectivity index (χ2v) is 6.12. The number of anilines is 1. The lowest BCUT2D eigenvalue weighted by atomic mass is 9.87. The van der Waals surface area contributed by atoms with Crippen molar-refractivity contribution in [3.8, 4) is 0 Å². The summed E-state index contributed by atoms with van der Waals surface area (Å²) in [4.78, 5) is 25.1. The van der Waals surface area contributed by atoms with E-state index in [2.05, 4.69) is 32.4 Å². The number of carbonyl (C=O) groups excluding carboxylic acids is 1. The van der Waals surface area contributed by atoms with E-state index >= 15 is 0 Å². The maximum Gasteiger partial charge on any atom is 0.274 e. The molecule has 1 aromatic carbocycles. The number of amides is 1. The fourth-order valence-electron chi connectivity index (χ4n) is 3.17. The van der Waals surface area contributed by atoms with Crippen LogP contribution in [0.2, 0.25) is 0 Å². The number of nitrogens with one attached hydrogen (secondary N) is 1. The number of benzene rings is 1. The van der Waals surface area contributed by atoms with Gasteiger partial charge in [-0.25, -0.2) is 9.97 Å². The van der Waals surface area contributed by atoms with E-state index in [4.69, 9.17) is 11.5 Å². The average Bonchev–Trinajstić information content (AvgIpc) is 2.67. The zero-order valence-corrected chi connectivity index (χ0v) is 14.6. The van der Waals surface area contributed by atoms with Gasteiger partial charge in [0.2, 0.25) is 0 Å². The summed E-state index contributed by atoms with van der Waals surface area (Å²) in [6.07, 6.45) is 7.33. The molecule has 0 bridgehead atoms. The van der Waals surface area contributed by atoms with Crippen LogP contribution in [0.4, 0.5) is 5.82 Å². The second kappa shape index (κ2) is 7.77. The predicted molar refractivity (Wildman–Crippen MR) is 103 cm³/mol. The molecule has 7 heteroatoms. The van der Waals surface area contributed by atoms with Crippen molar-refractivity contribution in [2.45, 2.75) is 25.3 Å². The third-order valence-corrected chi connectivity index (χ3v) is 4.43. The quantitative estimate of drug-likeness (QED) is 0.727. The Kier molecular flexibility index (Phi) is 5.26. The van der Waals surface area contributed by atoms with Gasteiger partial charge >= 0.3 is 0 Å². The summed E-state index contributed by atoms with van der Waals surface area (Å²) in [5.41, 5.74) is 15.0. The number of carbonyl (C=O) groups is 1. The minimum atomic E-state index is -0.344. The molecule has 1 aromatic heterocycles. The number of nitrogens with zero attached hydrogens (tertiary/aromatic N) is 3. The lowest BCUT2D eigenvalue weighted by molar-refractivity contribution is 0.0928. The van der Waals surface area contributed by atoms with Gasteiger partial charge < -0.3 is 16.8 Å². The molecule has 5 N–H and O–H groups in total. The van der Waals surface area contributed by atoms with E-state index in [1.165, 1.54) is 18.0 Å². The maximum absolute atomic E-state index is 12.8. The molecule has 26 heavy (non-hydrogen) atoms. The Balaban J connectivity index is 1.87. The Morgan fingerprint density at radius 2 is 2.19 bits per heavy atom. The van der Waals surface area contributed by atoms with Crippen molar-refractivity contribution < 1.29 is 4.79 Å². The average molecular weight is 350 g/mol. The van der Waals surface area contributed by atoms with E-state index in [9.17, 15) is 4.79 Å². The highest BCUT2D eigenvalue weighted by Gasteiger charge is 2.24. The second-order valence-electron chi connectivity index (χ2n) is 6.12. The summed E-state index contributed by atoms with van der Waals surface area (Å²) in [7, 11) is 1.63. The van der Waals surface area contributed by atoms with Gasteiger partial charge in [-0.2, -0.15) is 0 Å². The highest BCUT2D eigenvalue weighted by atomic mass is 16.2. The predicted octanol–water partition coefficient (Wildman–Crippen LogP) is 1.87. The number of aromatic nitrogens is 2.